The number of ether oxygens (including phenoxy) is 1. The van der Waals surface area contributed by atoms with Gasteiger partial charge in [-0.25, -0.2) is 0 Å². The maximum absolute atomic E-state index is 11.3. The molecule has 0 saturated carbocycles. The predicted octanol–water partition coefficient (Wildman–Crippen LogP) is -0.00730. The summed E-state index contributed by atoms with van der Waals surface area (Å²) < 4.78 is 6.31. The fourth-order valence-electron chi connectivity index (χ4n) is 1.40. The van der Waals surface area contributed by atoms with E-state index in [0.717, 1.165) is 6.08 Å². The summed E-state index contributed by atoms with van der Waals surface area (Å²) in [6.07, 6.45) is 4.19. The smallest absolute Gasteiger partial charge is 0.307 e. The number of ketones is 1. The van der Waals surface area contributed by atoms with Crippen LogP contribution in [0.1, 0.15) is 26.0 Å². The molecule has 0 spiro atoms. The molecule has 8 heteroatoms. The Morgan fingerprint density at radius 3 is 2.81 bits per heavy atom. The first-order valence-corrected chi connectivity index (χ1v) is 6.52. The summed E-state index contributed by atoms with van der Waals surface area (Å²) in [5.74, 6) is -0.876. The van der Waals surface area contributed by atoms with Crippen LogP contribution in [0.15, 0.2) is 18.3 Å². The van der Waals surface area contributed by atoms with Crippen molar-refractivity contribution in [1.82, 2.24) is 20.3 Å². The van der Waals surface area contributed by atoms with Crippen molar-refractivity contribution in [3.8, 4) is 0 Å². The number of carbonyl (C=O) groups excluding carboxylic acids is 3. The summed E-state index contributed by atoms with van der Waals surface area (Å²) in [5, 5.41) is 10.3. The summed E-state index contributed by atoms with van der Waals surface area (Å²) in [4.78, 5) is 33.2. The molecule has 0 saturated heterocycles. The van der Waals surface area contributed by atoms with Gasteiger partial charge in [0, 0.05) is 6.08 Å². The molecule has 0 aliphatic heterocycles. The van der Waals surface area contributed by atoms with Crippen molar-refractivity contribution in [2.75, 3.05) is 6.61 Å². The van der Waals surface area contributed by atoms with Crippen LogP contribution in [0.3, 0.4) is 0 Å². The predicted molar refractivity (Wildman–Crippen MR) is 72.9 cm³/mol. The Bertz CT molecular complexity index is 536. The molecule has 0 unspecified atom stereocenters. The van der Waals surface area contributed by atoms with Crippen LogP contribution >= 0.6 is 0 Å². The van der Waals surface area contributed by atoms with E-state index in [4.69, 9.17) is 4.74 Å². The van der Waals surface area contributed by atoms with E-state index in [-0.39, 0.29) is 30.6 Å². The van der Waals surface area contributed by atoms with Crippen molar-refractivity contribution in [1.29, 1.82) is 0 Å². The van der Waals surface area contributed by atoms with Crippen molar-refractivity contribution < 1.29 is 19.1 Å². The molecule has 0 aliphatic rings. The van der Waals surface area contributed by atoms with Gasteiger partial charge in [-0.2, -0.15) is 0 Å². The van der Waals surface area contributed by atoms with Crippen LogP contribution in [-0.2, 0) is 32.2 Å². The maximum Gasteiger partial charge on any atom is 0.307 e. The number of aromatic nitrogens is 3. The number of rotatable bonds is 8. The van der Waals surface area contributed by atoms with Crippen LogP contribution in [0.25, 0.3) is 0 Å². The summed E-state index contributed by atoms with van der Waals surface area (Å²) in [6, 6.07) is 0. The Hall–Kier alpha value is -2.51. The molecule has 114 valence electrons. The SMILES string of the molecule is CCOC(=O)CCn1cc(CNC(=O)/C=C/C(C)=O)nn1. The molecule has 0 radical (unpaired) electrons. The molecule has 1 rings (SSSR count). The van der Waals surface area contributed by atoms with Crippen molar-refractivity contribution >= 4 is 17.7 Å². The molecule has 1 amide bonds. The van der Waals surface area contributed by atoms with Gasteiger partial charge in [0.2, 0.25) is 5.91 Å². The fraction of sp³-hybridized carbons (Fsp3) is 0.462. The topological polar surface area (TPSA) is 103 Å². The largest absolute Gasteiger partial charge is 0.466 e. The molecule has 21 heavy (non-hydrogen) atoms. The van der Waals surface area contributed by atoms with Crippen molar-refractivity contribution in [2.24, 2.45) is 0 Å². The molecular weight excluding hydrogens is 276 g/mol. The third-order valence-corrected chi connectivity index (χ3v) is 2.35. The van der Waals surface area contributed by atoms with E-state index in [2.05, 4.69) is 15.6 Å². The van der Waals surface area contributed by atoms with E-state index < -0.39 is 0 Å². The zero-order valence-corrected chi connectivity index (χ0v) is 12.0. The third kappa shape index (κ3) is 7.00. The highest BCUT2D eigenvalue weighted by atomic mass is 16.5. The second kappa shape index (κ2) is 8.62. The van der Waals surface area contributed by atoms with E-state index in [9.17, 15) is 14.4 Å². The first-order chi connectivity index (χ1) is 10.0. The normalized spacial score (nSPS) is 10.6. The van der Waals surface area contributed by atoms with Gasteiger partial charge in [0.15, 0.2) is 5.78 Å². The Morgan fingerprint density at radius 1 is 1.38 bits per heavy atom. The van der Waals surface area contributed by atoms with Gasteiger partial charge in [-0.05, 0) is 19.9 Å². The lowest BCUT2D eigenvalue weighted by atomic mass is 10.3. The minimum absolute atomic E-state index is 0.195. The molecule has 0 atom stereocenters. The summed E-state index contributed by atoms with van der Waals surface area (Å²) in [6.45, 7) is 4.01. The number of amides is 1. The van der Waals surface area contributed by atoms with Gasteiger partial charge in [-0.15, -0.1) is 5.10 Å². The van der Waals surface area contributed by atoms with Crippen molar-refractivity contribution in [3.05, 3.63) is 24.0 Å². The van der Waals surface area contributed by atoms with Gasteiger partial charge >= 0.3 is 5.97 Å². The van der Waals surface area contributed by atoms with E-state index in [1.807, 2.05) is 0 Å². The number of hydrogen-bond donors (Lipinski definition) is 1. The van der Waals surface area contributed by atoms with Gasteiger partial charge in [0.1, 0.15) is 5.69 Å². The molecule has 1 N–H and O–H groups in total. The lowest BCUT2D eigenvalue weighted by molar-refractivity contribution is -0.143. The lowest BCUT2D eigenvalue weighted by Crippen LogP contribution is -2.20. The number of nitrogens with zero attached hydrogens (tertiary/aromatic N) is 3. The monoisotopic (exact) mass is 294 g/mol. The highest BCUT2D eigenvalue weighted by Crippen LogP contribution is 1.96. The fourth-order valence-corrected chi connectivity index (χ4v) is 1.40. The van der Waals surface area contributed by atoms with Crippen LogP contribution in [-0.4, -0.2) is 39.3 Å². The minimum atomic E-state index is -0.383. The molecule has 0 aliphatic carbocycles. The minimum Gasteiger partial charge on any atom is -0.466 e. The molecule has 8 nitrogen and oxygen atoms in total. The van der Waals surface area contributed by atoms with Crippen LogP contribution in [0, 0.1) is 0 Å². The third-order valence-electron chi connectivity index (χ3n) is 2.35. The highest BCUT2D eigenvalue weighted by Gasteiger charge is 2.05. The van der Waals surface area contributed by atoms with E-state index in [1.54, 1.807) is 13.1 Å². The van der Waals surface area contributed by atoms with E-state index >= 15 is 0 Å². The van der Waals surface area contributed by atoms with Gasteiger partial charge < -0.3 is 10.1 Å². The average molecular weight is 294 g/mol. The number of allylic oxidation sites excluding steroid dienone is 1. The first-order valence-electron chi connectivity index (χ1n) is 6.52. The first kappa shape index (κ1) is 16.5. The van der Waals surface area contributed by atoms with Gasteiger partial charge in [-0.1, -0.05) is 5.21 Å². The lowest BCUT2D eigenvalue weighted by Gasteiger charge is -2.00. The Morgan fingerprint density at radius 2 is 2.14 bits per heavy atom. The highest BCUT2D eigenvalue weighted by molar-refractivity contribution is 5.96. The Kier molecular flexibility index (Phi) is 6.79. The van der Waals surface area contributed by atoms with Crippen LogP contribution < -0.4 is 5.32 Å². The van der Waals surface area contributed by atoms with Crippen LogP contribution in [0.5, 0.6) is 0 Å². The second-order valence-corrected chi connectivity index (χ2v) is 4.19. The molecular formula is C13H18N4O4. The molecule has 0 aromatic carbocycles. The van der Waals surface area contributed by atoms with Gasteiger partial charge in [0.25, 0.3) is 0 Å². The molecule has 1 heterocycles. The molecule has 1 aromatic rings. The van der Waals surface area contributed by atoms with Crippen molar-refractivity contribution in [3.63, 3.8) is 0 Å². The Balaban J connectivity index is 2.36. The van der Waals surface area contributed by atoms with Gasteiger partial charge in [0.05, 0.1) is 32.3 Å². The zero-order chi connectivity index (χ0) is 15.7. The number of aryl methyl sites for hydroxylation is 1. The summed E-state index contributed by atoms with van der Waals surface area (Å²) in [7, 11) is 0. The number of carbonyl (C=O) groups is 3. The maximum atomic E-state index is 11.3. The molecule has 0 fully saturated rings. The summed E-state index contributed by atoms with van der Waals surface area (Å²) in [5.41, 5.74) is 0.559. The van der Waals surface area contributed by atoms with E-state index in [1.165, 1.54) is 17.7 Å². The Labute approximate surface area is 122 Å². The molecule has 0 bridgehead atoms. The van der Waals surface area contributed by atoms with Crippen LogP contribution in [0.2, 0.25) is 0 Å². The van der Waals surface area contributed by atoms with Gasteiger partial charge in [-0.3, -0.25) is 19.1 Å². The number of hydrogen-bond acceptors (Lipinski definition) is 6. The molecule has 1 aromatic heterocycles. The number of esters is 1. The second-order valence-electron chi connectivity index (χ2n) is 4.19. The number of nitrogens with one attached hydrogen (secondary N) is 1. The quantitative estimate of drug-likeness (QED) is 0.534. The summed E-state index contributed by atoms with van der Waals surface area (Å²) >= 11 is 0. The average Bonchev–Trinajstić information content (AvgIpc) is 2.89. The standard InChI is InChI=1S/C13H18N4O4/c1-3-21-13(20)6-7-17-9-11(15-16-17)8-14-12(19)5-4-10(2)18/h4-5,9H,3,6-8H2,1-2H3,(H,14,19)/b5-4+. The van der Waals surface area contributed by atoms with E-state index in [0.29, 0.717) is 18.8 Å². The van der Waals surface area contributed by atoms with Crippen LogP contribution in [0.4, 0.5) is 0 Å². The zero-order valence-electron chi connectivity index (χ0n) is 12.0. The van der Waals surface area contributed by atoms with Crippen molar-refractivity contribution in [2.45, 2.75) is 33.4 Å².